The molecule has 1 spiro atoms. The highest BCUT2D eigenvalue weighted by Crippen LogP contribution is 2.42. The number of nitrogens with zero attached hydrogens (tertiary/aromatic N) is 1. The van der Waals surface area contributed by atoms with Crippen LogP contribution in [0.15, 0.2) is 0 Å². The molecule has 3 nitrogen and oxygen atoms in total. The van der Waals surface area contributed by atoms with Crippen LogP contribution >= 0.6 is 0 Å². The van der Waals surface area contributed by atoms with Crippen molar-refractivity contribution in [2.24, 2.45) is 0 Å². The normalized spacial score (nSPS) is 42.0. The number of rotatable bonds is 2. The van der Waals surface area contributed by atoms with Gasteiger partial charge in [0.1, 0.15) is 0 Å². The van der Waals surface area contributed by atoms with E-state index in [1.807, 2.05) is 0 Å². The first-order valence-electron chi connectivity index (χ1n) is 8.49. The van der Waals surface area contributed by atoms with Crippen LogP contribution in [0, 0.1) is 0 Å². The first-order chi connectivity index (χ1) is 9.35. The van der Waals surface area contributed by atoms with E-state index in [1.165, 1.54) is 70.9 Å². The third kappa shape index (κ3) is 2.34. The summed E-state index contributed by atoms with van der Waals surface area (Å²) in [6, 6.07) is 2.33. The van der Waals surface area contributed by atoms with Crippen molar-refractivity contribution in [3.63, 3.8) is 0 Å². The zero-order valence-corrected chi connectivity index (χ0v) is 12.1. The molecule has 1 N–H and O–H groups in total. The highest BCUT2D eigenvalue weighted by atomic mass is 16.5. The van der Waals surface area contributed by atoms with Gasteiger partial charge in [0.25, 0.3) is 0 Å². The second kappa shape index (κ2) is 5.01. The van der Waals surface area contributed by atoms with E-state index in [4.69, 9.17) is 4.74 Å². The summed E-state index contributed by atoms with van der Waals surface area (Å²) in [7, 11) is 0. The van der Waals surface area contributed by atoms with Crippen molar-refractivity contribution in [2.45, 2.75) is 81.5 Å². The highest BCUT2D eigenvalue weighted by molar-refractivity contribution is 5.00. The van der Waals surface area contributed by atoms with Crippen molar-refractivity contribution in [2.75, 3.05) is 19.7 Å². The highest BCUT2D eigenvalue weighted by Gasteiger charge is 2.44. The summed E-state index contributed by atoms with van der Waals surface area (Å²) in [6.07, 6.45) is 12.2. The summed E-state index contributed by atoms with van der Waals surface area (Å²) in [6.45, 7) is 3.66. The van der Waals surface area contributed by atoms with Gasteiger partial charge in [0.05, 0.1) is 5.60 Å². The average Bonchev–Trinajstić information content (AvgIpc) is 2.81. The summed E-state index contributed by atoms with van der Waals surface area (Å²) >= 11 is 0. The Kier molecular flexibility index (Phi) is 3.33. The zero-order chi connectivity index (χ0) is 12.7. The quantitative estimate of drug-likeness (QED) is 0.828. The van der Waals surface area contributed by atoms with Crippen molar-refractivity contribution in [1.29, 1.82) is 0 Å². The van der Waals surface area contributed by atoms with Gasteiger partial charge in [-0.2, -0.15) is 0 Å². The van der Waals surface area contributed by atoms with Gasteiger partial charge in [-0.25, -0.2) is 0 Å². The van der Waals surface area contributed by atoms with Crippen LogP contribution in [0.1, 0.15) is 57.8 Å². The van der Waals surface area contributed by atoms with Gasteiger partial charge in [0.2, 0.25) is 0 Å². The van der Waals surface area contributed by atoms with Gasteiger partial charge in [0, 0.05) is 31.3 Å². The number of piperidine rings is 1. The lowest BCUT2D eigenvalue weighted by molar-refractivity contribution is -0.136. The molecule has 4 fully saturated rings. The van der Waals surface area contributed by atoms with Crippen molar-refractivity contribution >= 4 is 0 Å². The second-order valence-corrected chi connectivity index (χ2v) is 7.24. The molecule has 0 bridgehead atoms. The van der Waals surface area contributed by atoms with E-state index in [2.05, 4.69) is 10.2 Å². The van der Waals surface area contributed by atoms with Crippen LogP contribution in [0.2, 0.25) is 0 Å². The van der Waals surface area contributed by atoms with Gasteiger partial charge in [-0.3, -0.25) is 4.90 Å². The number of fused-ring (bicyclic) bond motifs is 1. The summed E-state index contributed by atoms with van der Waals surface area (Å²) in [5, 5.41) is 4.02. The molecule has 0 radical (unpaired) electrons. The van der Waals surface area contributed by atoms with Gasteiger partial charge < -0.3 is 10.1 Å². The van der Waals surface area contributed by atoms with E-state index in [0.29, 0.717) is 5.60 Å². The van der Waals surface area contributed by atoms with Crippen LogP contribution in [0.25, 0.3) is 0 Å². The molecule has 3 aliphatic heterocycles. The minimum atomic E-state index is 0.292. The molecule has 3 saturated heterocycles. The third-order valence-electron chi connectivity index (χ3n) is 6.06. The summed E-state index contributed by atoms with van der Waals surface area (Å²) in [4.78, 5) is 2.74. The van der Waals surface area contributed by atoms with Crippen LogP contribution in [0.4, 0.5) is 0 Å². The van der Waals surface area contributed by atoms with Crippen LogP contribution < -0.4 is 5.32 Å². The molecule has 4 rings (SSSR count). The second-order valence-electron chi connectivity index (χ2n) is 7.24. The molecule has 3 heterocycles. The van der Waals surface area contributed by atoms with Crippen molar-refractivity contribution < 1.29 is 4.74 Å². The molecular formula is C16H28N2O. The van der Waals surface area contributed by atoms with Crippen molar-refractivity contribution in [1.82, 2.24) is 10.2 Å². The van der Waals surface area contributed by atoms with Gasteiger partial charge in [0.15, 0.2) is 0 Å². The van der Waals surface area contributed by atoms with Crippen molar-refractivity contribution in [3.8, 4) is 0 Å². The Hall–Kier alpha value is -0.120. The lowest BCUT2D eigenvalue weighted by Gasteiger charge is -2.48. The molecule has 1 aliphatic carbocycles. The molecule has 0 aromatic carbocycles. The Balaban J connectivity index is 1.36. The van der Waals surface area contributed by atoms with Crippen molar-refractivity contribution in [3.05, 3.63) is 0 Å². The Morgan fingerprint density at radius 3 is 2.79 bits per heavy atom. The van der Waals surface area contributed by atoms with E-state index in [9.17, 15) is 0 Å². The number of nitrogens with one attached hydrogen (secondary N) is 1. The van der Waals surface area contributed by atoms with Crippen LogP contribution in [0.5, 0.6) is 0 Å². The predicted octanol–water partition coefficient (Wildman–Crippen LogP) is 2.30. The van der Waals surface area contributed by atoms with Gasteiger partial charge in [-0.05, 0) is 57.9 Å². The summed E-state index contributed by atoms with van der Waals surface area (Å²) in [5.41, 5.74) is 0.292. The first-order valence-corrected chi connectivity index (χ1v) is 8.49. The Labute approximate surface area is 117 Å². The van der Waals surface area contributed by atoms with E-state index in [1.54, 1.807) is 0 Å². The molecule has 108 valence electrons. The molecule has 3 unspecified atom stereocenters. The average molecular weight is 264 g/mol. The topological polar surface area (TPSA) is 24.5 Å². The molecule has 19 heavy (non-hydrogen) atoms. The zero-order valence-electron chi connectivity index (χ0n) is 12.1. The minimum absolute atomic E-state index is 0.292. The van der Waals surface area contributed by atoms with Crippen LogP contribution in [-0.2, 0) is 4.74 Å². The Bertz CT molecular complexity index is 329. The fourth-order valence-electron chi connectivity index (χ4n) is 4.83. The smallest absolute Gasteiger partial charge is 0.0697 e. The van der Waals surface area contributed by atoms with E-state index >= 15 is 0 Å². The van der Waals surface area contributed by atoms with Gasteiger partial charge in [-0.1, -0.05) is 6.42 Å². The maximum Gasteiger partial charge on any atom is 0.0697 e. The number of ether oxygens (including phenoxy) is 1. The first kappa shape index (κ1) is 12.6. The molecule has 4 aliphatic rings. The molecule has 0 amide bonds. The number of hydrogen-bond acceptors (Lipinski definition) is 3. The fourth-order valence-corrected chi connectivity index (χ4v) is 4.83. The molecule has 3 heteroatoms. The number of hydrogen-bond donors (Lipinski definition) is 1. The maximum absolute atomic E-state index is 6.05. The Morgan fingerprint density at radius 2 is 1.95 bits per heavy atom. The maximum atomic E-state index is 6.05. The monoisotopic (exact) mass is 264 g/mol. The molecule has 0 aromatic heterocycles. The lowest BCUT2D eigenvalue weighted by Crippen LogP contribution is -2.55. The van der Waals surface area contributed by atoms with E-state index in [0.717, 1.165) is 24.7 Å². The molecule has 1 saturated carbocycles. The van der Waals surface area contributed by atoms with Crippen LogP contribution in [0.3, 0.4) is 0 Å². The Morgan fingerprint density at radius 1 is 1.00 bits per heavy atom. The van der Waals surface area contributed by atoms with Gasteiger partial charge in [-0.15, -0.1) is 0 Å². The SMILES string of the molecule is C1CCN2CCC(NC3CCOC4(CCC4)C3)C2C1. The molecule has 0 aromatic rings. The van der Waals surface area contributed by atoms with E-state index < -0.39 is 0 Å². The van der Waals surface area contributed by atoms with E-state index in [-0.39, 0.29) is 0 Å². The predicted molar refractivity (Wildman–Crippen MR) is 76.3 cm³/mol. The lowest BCUT2D eigenvalue weighted by atomic mass is 9.73. The van der Waals surface area contributed by atoms with Gasteiger partial charge >= 0.3 is 0 Å². The van der Waals surface area contributed by atoms with Crippen LogP contribution in [-0.4, -0.2) is 48.3 Å². The largest absolute Gasteiger partial charge is 0.375 e. The summed E-state index contributed by atoms with van der Waals surface area (Å²) < 4.78 is 6.05. The third-order valence-corrected chi connectivity index (χ3v) is 6.06. The standard InChI is InChI=1S/C16H28N2O/c1-2-9-18-10-5-14(15(18)4-1)17-13-6-11-19-16(12-13)7-3-8-16/h13-15,17H,1-12H2. The minimum Gasteiger partial charge on any atom is -0.375 e. The molecular weight excluding hydrogens is 236 g/mol. The fraction of sp³-hybridized carbons (Fsp3) is 1.00. The summed E-state index contributed by atoms with van der Waals surface area (Å²) in [5.74, 6) is 0. The molecule has 3 atom stereocenters.